The molecule has 5 heteroatoms. The van der Waals surface area contributed by atoms with E-state index in [1.54, 1.807) is 13.8 Å². The molecule has 0 saturated heterocycles. The second-order valence-corrected chi connectivity index (χ2v) is 5.93. The van der Waals surface area contributed by atoms with Crippen molar-refractivity contribution in [3.63, 3.8) is 0 Å². The summed E-state index contributed by atoms with van der Waals surface area (Å²) in [6.07, 6.45) is 0.516. The molecule has 0 N–H and O–H groups in total. The maximum atomic E-state index is 13.1. The Balaban J connectivity index is 3.24. The molecular formula is C11H15FO3S. The number of halogens is 1. The van der Waals surface area contributed by atoms with Gasteiger partial charge in [-0.15, -0.1) is 0 Å². The van der Waals surface area contributed by atoms with Gasteiger partial charge in [-0.3, -0.25) is 0 Å². The summed E-state index contributed by atoms with van der Waals surface area (Å²) in [6.45, 7) is 3.42. The maximum Gasteiger partial charge on any atom is 0.181 e. The third-order valence-electron chi connectivity index (χ3n) is 2.56. The van der Waals surface area contributed by atoms with Crippen LogP contribution < -0.4 is 4.74 Å². The van der Waals surface area contributed by atoms with E-state index in [1.165, 1.54) is 19.2 Å². The van der Waals surface area contributed by atoms with Crippen LogP contribution in [0, 0.1) is 5.82 Å². The van der Waals surface area contributed by atoms with Crippen LogP contribution in [0.3, 0.4) is 0 Å². The third kappa shape index (κ3) is 2.35. The van der Waals surface area contributed by atoms with Crippen molar-refractivity contribution in [2.45, 2.75) is 30.4 Å². The minimum absolute atomic E-state index is 0.0515. The van der Waals surface area contributed by atoms with Crippen LogP contribution in [-0.4, -0.2) is 20.8 Å². The van der Waals surface area contributed by atoms with Gasteiger partial charge in [-0.05, 0) is 25.5 Å². The molecule has 0 bridgehead atoms. The van der Waals surface area contributed by atoms with E-state index >= 15 is 0 Å². The number of sulfone groups is 1. The molecule has 1 atom stereocenters. The van der Waals surface area contributed by atoms with E-state index in [1.807, 2.05) is 0 Å². The fourth-order valence-corrected chi connectivity index (χ4v) is 2.70. The van der Waals surface area contributed by atoms with E-state index < -0.39 is 20.9 Å². The predicted molar refractivity (Wildman–Crippen MR) is 59.9 cm³/mol. The van der Waals surface area contributed by atoms with Gasteiger partial charge in [-0.1, -0.05) is 6.92 Å². The lowest BCUT2D eigenvalue weighted by Gasteiger charge is -2.11. The van der Waals surface area contributed by atoms with Crippen LogP contribution in [-0.2, 0) is 9.84 Å². The molecule has 0 radical (unpaired) electrons. The highest BCUT2D eigenvalue weighted by Crippen LogP contribution is 2.24. The number of hydrogen-bond acceptors (Lipinski definition) is 3. The van der Waals surface area contributed by atoms with Crippen molar-refractivity contribution < 1.29 is 17.5 Å². The highest BCUT2D eigenvalue weighted by atomic mass is 32.2. The van der Waals surface area contributed by atoms with E-state index in [-0.39, 0.29) is 10.6 Å². The molecule has 1 unspecified atom stereocenters. The van der Waals surface area contributed by atoms with Crippen molar-refractivity contribution in [3.05, 3.63) is 24.0 Å². The summed E-state index contributed by atoms with van der Waals surface area (Å²) in [7, 11) is -2.08. The first-order chi connectivity index (χ1) is 7.43. The van der Waals surface area contributed by atoms with Crippen LogP contribution in [0.2, 0.25) is 0 Å². The van der Waals surface area contributed by atoms with Gasteiger partial charge in [0.05, 0.1) is 17.3 Å². The van der Waals surface area contributed by atoms with Gasteiger partial charge in [0.1, 0.15) is 0 Å². The lowest BCUT2D eigenvalue weighted by molar-refractivity contribution is 0.385. The number of methoxy groups -OCH3 is 1. The van der Waals surface area contributed by atoms with Gasteiger partial charge in [-0.2, -0.15) is 0 Å². The van der Waals surface area contributed by atoms with Gasteiger partial charge < -0.3 is 4.74 Å². The second-order valence-electron chi connectivity index (χ2n) is 3.56. The molecule has 0 heterocycles. The highest BCUT2D eigenvalue weighted by molar-refractivity contribution is 7.92. The molecule has 0 saturated carbocycles. The van der Waals surface area contributed by atoms with Crippen molar-refractivity contribution in [1.82, 2.24) is 0 Å². The van der Waals surface area contributed by atoms with Crippen LogP contribution in [0.1, 0.15) is 20.3 Å². The molecular weight excluding hydrogens is 231 g/mol. The molecule has 3 nitrogen and oxygen atoms in total. The van der Waals surface area contributed by atoms with Crippen molar-refractivity contribution in [3.8, 4) is 5.75 Å². The second kappa shape index (κ2) is 4.82. The summed E-state index contributed by atoms with van der Waals surface area (Å²) in [6, 6.07) is 3.59. The quantitative estimate of drug-likeness (QED) is 0.766. The monoisotopic (exact) mass is 246 g/mol. The first-order valence-electron chi connectivity index (χ1n) is 5.01. The first kappa shape index (κ1) is 13.0. The number of hydrogen-bond donors (Lipinski definition) is 0. The average molecular weight is 246 g/mol. The Morgan fingerprint density at radius 3 is 2.56 bits per heavy atom. The molecule has 0 amide bonds. The number of rotatable bonds is 4. The summed E-state index contributed by atoms with van der Waals surface area (Å²) < 4.78 is 41.8. The van der Waals surface area contributed by atoms with Gasteiger partial charge >= 0.3 is 0 Å². The Morgan fingerprint density at radius 1 is 1.44 bits per heavy atom. The van der Waals surface area contributed by atoms with Gasteiger partial charge in [-0.25, -0.2) is 12.8 Å². The van der Waals surface area contributed by atoms with Gasteiger partial charge in [0, 0.05) is 6.07 Å². The first-order valence-corrected chi connectivity index (χ1v) is 6.55. The minimum atomic E-state index is -3.39. The molecule has 0 aliphatic heterocycles. The molecule has 0 aliphatic carbocycles. The van der Waals surface area contributed by atoms with Crippen molar-refractivity contribution in [1.29, 1.82) is 0 Å². The SMILES string of the molecule is CCC(C)S(=O)(=O)c1ccc(F)c(OC)c1. The van der Waals surface area contributed by atoms with Gasteiger partial charge in [0.2, 0.25) is 0 Å². The summed E-state index contributed by atoms with van der Waals surface area (Å²) in [4.78, 5) is 0.0973. The van der Waals surface area contributed by atoms with E-state index in [0.29, 0.717) is 6.42 Å². The van der Waals surface area contributed by atoms with Gasteiger partial charge in [0.15, 0.2) is 21.4 Å². The Hall–Kier alpha value is -1.10. The zero-order valence-corrected chi connectivity index (χ0v) is 10.3. The summed E-state index contributed by atoms with van der Waals surface area (Å²) >= 11 is 0. The maximum absolute atomic E-state index is 13.1. The Bertz CT molecular complexity index is 468. The number of ether oxygens (including phenoxy) is 1. The molecule has 16 heavy (non-hydrogen) atoms. The van der Waals surface area contributed by atoms with Crippen LogP contribution in [0.4, 0.5) is 4.39 Å². The largest absolute Gasteiger partial charge is 0.494 e. The van der Waals surface area contributed by atoms with Crippen LogP contribution in [0.25, 0.3) is 0 Å². The fraction of sp³-hybridized carbons (Fsp3) is 0.455. The van der Waals surface area contributed by atoms with E-state index in [2.05, 4.69) is 0 Å². The lowest BCUT2D eigenvalue weighted by atomic mass is 10.3. The molecule has 90 valence electrons. The zero-order chi connectivity index (χ0) is 12.3. The Labute approximate surface area is 95.2 Å². The standard InChI is InChI=1S/C11H15FO3S/c1-4-8(2)16(13,14)9-5-6-10(12)11(7-9)15-3/h5-8H,4H2,1-3H3. The Kier molecular flexibility index (Phi) is 3.91. The number of benzene rings is 1. The smallest absolute Gasteiger partial charge is 0.181 e. The van der Waals surface area contributed by atoms with E-state index in [4.69, 9.17) is 4.74 Å². The molecule has 0 fully saturated rings. The summed E-state index contributed by atoms with van der Waals surface area (Å²) in [5, 5.41) is -0.484. The van der Waals surface area contributed by atoms with Gasteiger partial charge in [0.25, 0.3) is 0 Å². The topological polar surface area (TPSA) is 43.4 Å². The van der Waals surface area contributed by atoms with Crippen LogP contribution in [0.5, 0.6) is 5.75 Å². The van der Waals surface area contributed by atoms with Crippen molar-refractivity contribution in [2.75, 3.05) is 7.11 Å². The molecule has 0 aliphatic rings. The summed E-state index contributed by atoms with van der Waals surface area (Å²) in [5.41, 5.74) is 0. The normalized spacial score (nSPS) is 13.5. The van der Waals surface area contributed by atoms with Crippen molar-refractivity contribution in [2.24, 2.45) is 0 Å². The molecule has 0 aromatic heterocycles. The molecule has 1 aromatic carbocycles. The van der Waals surface area contributed by atoms with E-state index in [9.17, 15) is 12.8 Å². The lowest BCUT2D eigenvalue weighted by Crippen LogP contribution is -2.17. The highest BCUT2D eigenvalue weighted by Gasteiger charge is 2.22. The minimum Gasteiger partial charge on any atom is -0.494 e. The zero-order valence-electron chi connectivity index (χ0n) is 9.53. The Morgan fingerprint density at radius 2 is 2.06 bits per heavy atom. The van der Waals surface area contributed by atoms with E-state index in [0.717, 1.165) is 6.07 Å². The third-order valence-corrected chi connectivity index (χ3v) is 4.86. The van der Waals surface area contributed by atoms with Crippen LogP contribution >= 0.6 is 0 Å². The van der Waals surface area contributed by atoms with Crippen LogP contribution in [0.15, 0.2) is 23.1 Å². The summed E-state index contributed by atoms with van der Waals surface area (Å²) in [5.74, 6) is -0.616. The molecule has 0 spiro atoms. The predicted octanol–water partition coefficient (Wildman–Crippen LogP) is 2.41. The molecule has 1 aromatic rings. The average Bonchev–Trinajstić information content (AvgIpc) is 2.28. The fourth-order valence-electron chi connectivity index (χ4n) is 1.27. The molecule has 1 rings (SSSR count). The van der Waals surface area contributed by atoms with Crippen molar-refractivity contribution >= 4 is 9.84 Å².